The van der Waals surface area contributed by atoms with E-state index in [1.807, 2.05) is 54.9 Å². The smallest absolute Gasteiger partial charge is 0.0584 e. The molecular weight excluding hydrogens is 220 g/mol. The molecule has 1 heterocycles. The van der Waals surface area contributed by atoms with Crippen molar-refractivity contribution in [2.75, 3.05) is 6.54 Å². The highest BCUT2D eigenvalue weighted by Gasteiger charge is 2.01. The summed E-state index contributed by atoms with van der Waals surface area (Å²) < 4.78 is 0. The first-order valence-electron chi connectivity index (χ1n) is 6.03. The lowest BCUT2D eigenvalue weighted by Gasteiger charge is -2.11. The van der Waals surface area contributed by atoms with Gasteiger partial charge in [-0.15, -0.1) is 0 Å². The van der Waals surface area contributed by atoms with Crippen LogP contribution in [0.15, 0.2) is 54.9 Å². The van der Waals surface area contributed by atoms with Gasteiger partial charge >= 0.3 is 0 Å². The summed E-state index contributed by atoms with van der Waals surface area (Å²) in [6.45, 7) is 2.80. The maximum absolute atomic E-state index is 4.01. The van der Waals surface area contributed by atoms with Crippen LogP contribution in [-0.4, -0.2) is 11.5 Å². The van der Waals surface area contributed by atoms with Crippen molar-refractivity contribution in [3.8, 4) is 11.8 Å². The highest BCUT2D eigenvalue weighted by atomic mass is 14.9. The Morgan fingerprint density at radius 1 is 1.11 bits per heavy atom. The monoisotopic (exact) mass is 236 g/mol. The molecule has 1 atom stereocenters. The summed E-state index contributed by atoms with van der Waals surface area (Å²) in [7, 11) is 0. The van der Waals surface area contributed by atoms with Crippen LogP contribution in [0.25, 0.3) is 0 Å². The quantitative estimate of drug-likeness (QED) is 0.829. The Morgan fingerprint density at radius 2 is 1.83 bits per heavy atom. The topological polar surface area (TPSA) is 24.9 Å². The maximum Gasteiger partial charge on any atom is 0.0584 e. The predicted octanol–water partition coefficient (Wildman–Crippen LogP) is 2.78. The second kappa shape index (κ2) is 6.58. The van der Waals surface area contributed by atoms with Crippen molar-refractivity contribution >= 4 is 0 Å². The van der Waals surface area contributed by atoms with E-state index in [0.29, 0.717) is 6.54 Å². The summed E-state index contributed by atoms with van der Waals surface area (Å²) >= 11 is 0. The minimum Gasteiger partial charge on any atom is -0.300 e. The summed E-state index contributed by atoms with van der Waals surface area (Å²) in [4.78, 5) is 4.01. The molecule has 1 aromatic heterocycles. The zero-order valence-corrected chi connectivity index (χ0v) is 10.4. The molecule has 0 radical (unpaired) electrons. The number of aromatic nitrogens is 1. The zero-order valence-electron chi connectivity index (χ0n) is 10.4. The lowest BCUT2D eigenvalue weighted by molar-refractivity contribution is 0.622. The molecule has 0 aliphatic heterocycles. The van der Waals surface area contributed by atoms with Crippen LogP contribution in [0.3, 0.4) is 0 Å². The third kappa shape index (κ3) is 3.73. The number of pyridine rings is 1. The Bertz CT molecular complexity index is 523. The van der Waals surface area contributed by atoms with E-state index in [1.165, 1.54) is 5.56 Å². The van der Waals surface area contributed by atoms with Gasteiger partial charge in [-0.1, -0.05) is 30.0 Å². The number of hydrogen-bond acceptors (Lipinski definition) is 2. The summed E-state index contributed by atoms with van der Waals surface area (Å²) in [5.74, 6) is 6.25. The number of nitrogens with zero attached hydrogens (tertiary/aromatic N) is 1. The second-order valence-electron chi connectivity index (χ2n) is 4.05. The SMILES string of the molecule is C[C@H](NCC#Cc1ccccc1)c1ccncc1. The van der Waals surface area contributed by atoms with E-state index < -0.39 is 0 Å². The molecule has 2 heteroatoms. The Hall–Kier alpha value is -2.11. The number of nitrogens with one attached hydrogen (secondary N) is 1. The molecule has 1 N–H and O–H groups in total. The molecule has 2 aromatic rings. The average molecular weight is 236 g/mol. The van der Waals surface area contributed by atoms with Crippen LogP contribution in [0.2, 0.25) is 0 Å². The van der Waals surface area contributed by atoms with Gasteiger partial charge in [0.1, 0.15) is 0 Å². The molecule has 0 saturated carbocycles. The van der Waals surface area contributed by atoms with E-state index in [-0.39, 0.29) is 6.04 Å². The molecule has 0 aliphatic carbocycles. The van der Waals surface area contributed by atoms with Crippen molar-refractivity contribution in [3.63, 3.8) is 0 Å². The normalized spacial score (nSPS) is 11.4. The molecule has 0 fully saturated rings. The molecule has 2 nitrogen and oxygen atoms in total. The van der Waals surface area contributed by atoms with E-state index in [0.717, 1.165) is 5.56 Å². The van der Waals surface area contributed by atoms with Gasteiger partial charge in [-0.25, -0.2) is 0 Å². The molecule has 0 amide bonds. The van der Waals surface area contributed by atoms with Crippen molar-refractivity contribution < 1.29 is 0 Å². The van der Waals surface area contributed by atoms with Gasteiger partial charge in [0.25, 0.3) is 0 Å². The molecule has 1 aromatic carbocycles. The van der Waals surface area contributed by atoms with Gasteiger partial charge in [-0.2, -0.15) is 0 Å². The van der Waals surface area contributed by atoms with Gasteiger partial charge in [0, 0.05) is 24.0 Å². The van der Waals surface area contributed by atoms with Crippen LogP contribution >= 0.6 is 0 Å². The first-order chi connectivity index (χ1) is 8.86. The zero-order chi connectivity index (χ0) is 12.6. The molecule has 0 spiro atoms. The molecular formula is C16H16N2. The van der Waals surface area contributed by atoms with Gasteiger partial charge < -0.3 is 0 Å². The Morgan fingerprint density at radius 3 is 2.56 bits per heavy atom. The van der Waals surface area contributed by atoms with Gasteiger partial charge in [0.15, 0.2) is 0 Å². The standard InChI is InChI=1S/C16H16N2/c1-14(16-9-12-17-13-10-16)18-11-5-8-15-6-3-2-4-7-15/h2-4,6-7,9-10,12-14,18H,11H2,1H3/t14-/m0/s1. The van der Waals surface area contributed by atoms with E-state index in [4.69, 9.17) is 0 Å². The van der Waals surface area contributed by atoms with E-state index in [1.54, 1.807) is 0 Å². The van der Waals surface area contributed by atoms with Gasteiger partial charge in [-0.05, 0) is 36.8 Å². The van der Waals surface area contributed by atoms with E-state index in [2.05, 4.69) is 29.1 Å². The Kier molecular flexibility index (Phi) is 4.52. The van der Waals surface area contributed by atoms with Crippen LogP contribution in [0.1, 0.15) is 24.1 Å². The van der Waals surface area contributed by atoms with Gasteiger partial charge in [0.2, 0.25) is 0 Å². The molecule has 0 unspecified atom stereocenters. The Labute approximate surface area is 108 Å². The highest BCUT2D eigenvalue weighted by Crippen LogP contribution is 2.09. The molecule has 2 rings (SSSR count). The minimum absolute atomic E-state index is 0.290. The third-order valence-corrected chi connectivity index (χ3v) is 2.71. The fraction of sp³-hybridized carbons (Fsp3) is 0.188. The second-order valence-corrected chi connectivity index (χ2v) is 4.05. The minimum atomic E-state index is 0.290. The third-order valence-electron chi connectivity index (χ3n) is 2.71. The molecule has 18 heavy (non-hydrogen) atoms. The highest BCUT2D eigenvalue weighted by molar-refractivity contribution is 5.33. The lowest BCUT2D eigenvalue weighted by Crippen LogP contribution is -2.18. The molecule has 0 aliphatic rings. The first-order valence-corrected chi connectivity index (χ1v) is 6.03. The van der Waals surface area contributed by atoms with Crippen LogP contribution in [-0.2, 0) is 0 Å². The van der Waals surface area contributed by atoms with Crippen molar-refractivity contribution in [2.24, 2.45) is 0 Å². The molecule has 0 bridgehead atoms. The Balaban J connectivity index is 1.85. The van der Waals surface area contributed by atoms with Crippen molar-refractivity contribution in [2.45, 2.75) is 13.0 Å². The molecule has 0 saturated heterocycles. The van der Waals surface area contributed by atoms with Crippen LogP contribution in [0, 0.1) is 11.8 Å². The average Bonchev–Trinajstić information content (AvgIpc) is 2.45. The molecule has 90 valence electrons. The maximum atomic E-state index is 4.01. The lowest BCUT2D eigenvalue weighted by atomic mass is 10.1. The summed E-state index contributed by atoms with van der Waals surface area (Å²) in [6, 6.07) is 14.3. The first kappa shape index (κ1) is 12.3. The summed E-state index contributed by atoms with van der Waals surface area (Å²) in [6.07, 6.45) is 3.62. The van der Waals surface area contributed by atoms with Crippen LogP contribution in [0.5, 0.6) is 0 Å². The number of hydrogen-bond donors (Lipinski definition) is 1. The van der Waals surface area contributed by atoms with Crippen molar-refractivity contribution in [1.82, 2.24) is 10.3 Å². The van der Waals surface area contributed by atoms with Crippen molar-refractivity contribution in [1.29, 1.82) is 0 Å². The fourth-order valence-corrected chi connectivity index (χ4v) is 1.64. The fourth-order valence-electron chi connectivity index (χ4n) is 1.64. The van der Waals surface area contributed by atoms with Crippen LogP contribution < -0.4 is 5.32 Å². The van der Waals surface area contributed by atoms with Crippen LogP contribution in [0.4, 0.5) is 0 Å². The summed E-state index contributed by atoms with van der Waals surface area (Å²) in [5.41, 5.74) is 2.28. The number of rotatable bonds is 3. The van der Waals surface area contributed by atoms with E-state index >= 15 is 0 Å². The predicted molar refractivity (Wildman–Crippen MR) is 74.0 cm³/mol. The number of benzene rings is 1. The summed E-state index contributed by atoms with van der Waals surface area (Å²) in [5, 5.41) is 3.37. The van der Waals surface area contributed by atoms with Crippen molar-refractivity contribution in [3.05, 3.63) is 66.0 Å². The van der Waals surface area contributed by atoms with Gasteiger partial charge in [-0.3, -0.25) is 10.3 Å². The van der Waals surface area contributed by atoms with Gasteiger partial charge in [0.05, 0.1) is 6.54 Å². The largest absolute Gasteiger partial charge is 0.300 e. The van der Waals surface area contributed by atoms with E-state index in [9.17, 15) is 0 Å².